The maximum Gasteiger partial charge on any atom is -0.000740 e. The zero-order chi connectivity index (χ0) is 21.1. The van der Waals surface area contributed by atoms with Crippen molar-refractivity contribution in [2.75, 3.05) is 0 Å². The Labute approximate surface area is 184 Å². The molecule has 0 saturated carbocycles. The fraction of sp³-hybridized carbons (Fsp3) is 0. The summed E-state index contributed by atoms with van der Waals surface area (Å²) in [7, 11) is 0. The molecule has 0 aliphatic carbocycles. The Morgan fingerprint density at radius 1 is 0.375 bits per heavy atom. The van der Waals surface area contributed by atoms with Gasteiger partial charge >= 0.3 is 0 Å². The van der Waals surface area contributed by atoms with Crippen molar-refractivity contribution in [3.05, 3.63) is 97.1 Å². The Hall–Kier alpha value is -4.16. The summed E-state index contributed by atoms with van der Waals surface area (Å²) in [4.78, 5) is 0. The number of rotatable bonds is 2. The van der Waals surface area contributed by atoms with E-state index in [-0.39, 0.29) is 0 Å². The molecule has 0 aromatic heterocycles. The topological polar surface area (TPSA) is 0 Å². The van der Waals surface area contributed by atoms with Crippen molar-refractivity contribution >= 4 is 87.6 Å². The molecule has 0 nitrogen and oxygen atoms in total. The largest absolute Gasteiger partial charge is 0.0984 e. The van der Waals surface area contributed by atoms with E-state index in [4.69, 9.17) is 0 Å². The Kier molecular flexibility index (Phi) is 2.77. The van der Waals surface area contributed by atoms with Crippen LogP contribution in [-0.2, 0) is 0 Å². The van der Waals surface area contributed by atoms with Gasteiger partial charge in [0.05, 0.1) is 0 Å². The molecule has 0 saturated heterocycles. The van der Waals surface area contributed by atoms with E-state index in [1.807, 2.05) is 12.2 Å². The predicted molar refractivity (Wildman–Crippen MR) is 143 cm³/mol. The molecule has 0 aliphatic heterocycles. The van der Waals surface area contributed by atoms with Crippen molar-refractivity contribution in [2.24, 2.45) is 0 Å². The van der Waals surface area contributed by atoms with E-state index in [9.17, 15) is 0 Å². The summed E-state index contributed by atoms with van der Waals surface area (Å²) in [6.45, 7) is 8.35. The Balaban J connectivity index is 1.92. The maximum atomic E-state index is 4.18. The van der Waals surface area contributed by atoms with Crippen LogP contribution in [0, 0.1) is 0 Å². The normalized spacial score (nSPS) is 12.6. The highest BCUT2D eigenvalue weighted by Crippen LogP contribution is 2.52. The van der Waals surface area contributed by atoms with Crippen molar-refractivity contribution in [1.82, 2.24) is 0 Å². The van der Waals surface area contributed by atoms with E-state index in [1.54, 1.807) is 0 Å². The molecule has 0 N–H and O–H groups in total. The minimum atomic E-state index is 1.18. The van der Waals surface area contributed by atoms with Crippen LogP contribution in [0.5, 0.6) is 0 Å². The van der Waals surface area contributed by atoms with Crippen LogP contribution in [0.15, 0.2) is 86.0 Å². The summed E-state index contributed by atoms with van der Waals surface area (Å²) in [6.07, 6.45) is 4.00. The molecule has 0 amide bonds. The Morgan fingerprint density at radius 2 is 0.750 bits per heavy atom. The molecular formula is C32H18. The second-order valence-corrected chi connectivity index (χ2v) is 8.93. The zero-order valence-electron chi connectivity index (χ0n) is 17.5. The van der Waals surface area contributed by atoms with E-state index in [0.29, 0.717) is 0 Å². The molecule has 0 heterocycles. The summed E-state index contributed by atoms with van der Waals surface area (Å²) in [6, 6.07) is 27.2. The lowest BCUT2D eigenvalue weighted by molar-refractivity contribution is 1.75. The van der Waals surface area contributed by atoms with Crippen molar-refractivity contribution in [3.63, 3.8) is 0 Å². The average Bonchev–Trinajstić information content (AvgIpc) is 2.86. The summed E-state index contributed by atoms with van der Waals surface area (Å²) in [5.74, 6) is 0. The number of hydrogen-bond donors (Lipinski definition) is 0. The maximum absolute atomic E-state index is 4.18. The number of fused-ring (bicyclic) bond motifs is 3. The lowest BCUT2D eigenvalue weighted by Crippen LogP contribution is -1.96. The first-order valence-electron chi connectivity index (χ1n) is 11.1. The number of benzene rings is 8. The van der Waals surface area contributed by atoms with Gasteiger partial charge in [0.1, 0.15) is 0 Å². The predicted octanol–water partition coefficient (Wildman–Crippen LogP) is 9.36. The van der Waals surface area contributed by atoms with Gasteiger partial charge in [-0.25, -0.2) is 0 Å². The van der Waals surface area contributed by atoms with Crippen LogP contribution in [-0.4, -0.2) is 0 Å². The highest BCUT2D eigenvalue weighted by atomic mass is 14.3. The molecule has 146 valence electrons. The fourth-order valence-corrected chi connectivity index (χ4v) is 6.46. The summed E-state index contributed by atoms with van der Waals surface area (Å²) in [5.41, 5.74) is 2.36. The lowest BCUT2D eigenvalue weighted by atomic mass is 9.79. The fourth-order valence-electron chi connectivity index (χ4n) is 6.46. The molecular weight excluding hydrogens is 384 g/mol. The molecule has 32 heavy (non-hydrogen) atoms. The molecule has 8 aromatic rings. The average molecular weight is 402 g/mol. The van der Waals surface area contributed by atoms with Crippen LogP contribution in [0.2, 0.25) is 0 Å². The molecule has 8 aromatic carbocycles. The summed E-state index contributed by atoms with van der Waals surface area (Å²) < 4.78 is 0. The summed E-state index contributed by atoms with van der Waals surface area (Å²) in [5, 5.41) is 18.8. The molecule has 0 unspecified atom stereocenters. The van der Waals surface area contributed by atoms with E-state index in [1.165, 1.54) is 86.5 Å². The van der Waals surface area contributed by atoms with Crippen molar-refractivity contribution in [2.45, 2.75) is 0 Å². The summed E-state index contributed by atoms with van der Waals surface area (Å²) >= 11 is 0. The van der Waals surface area contributed by atoms with E-state index >= 15 is 0 Å². The third-order valence-corrected chi connectivity index (χ3v) is 7.66. The van der Waals surface area contributed by atoms with Crippen LogP contribution >= 0.6 is 0 Å². The minimum absolute atomic E-state index is 1.18. The van der Waals surface area contributed by atoms with Gasteiger partial charge in [-0.2, -0.15) is 0 Å². The second kappa shape index (κ2) is 5.36. The minimum Gasteiger partial charge on any atom is -0.0984 e. The zero-order valence-corrected chi connectivity index (χ0v) is 17.5. The van der Waals surface area contributed by atoms with Crippen LogP contribution in [0.1, 0.15) is 11.1 Å². The van der Waals surface area contributed by atoms with Crippen molar-refractivity contribution in [1.29, 1.82) is 0 Å². The highest BCUT2D eigenvalue weighted by Gasteiger charge is 2.23. The first kappa shape index (κ1) is 16.5. The first-order chi connectivity index (χ1) is 15.8. The highest BCUT2D eigenvalue weighted by molar-refractivity contribution is 6.48. The molecule has 0 heteroatoms. The standard InChI is InChI=1S/C32H18/c1-3-19-20(4-2)24-14-10-18-12-16-26-22-8-6-5-7-21(22)25-15-11-17-9-13-23(19)29-27(17)31(25)32(26)28(18)30(24)29/h3-16H,1-2H2. The van der Waals surface area contributed by atoms with E-state index in [0.717, 1.165) is 0 Å². The van der Waals surface area contributed by atoms with Crippen LogP contribution < -0.4 is 0 Å². The molecule has 0 atom stereocenters. The van der Waals surface area contributed by atoms with Crippen molar-refractivity contribution < 1.29 is 0 Å². The quantitative estimate of drug-likeness (QED) is 0.199. The monoisotopic (exact) mass is 402 g/mol. The van der Waals surface area contributed by atoms with Crippen molar-refractivity contribution in [3.8, 4) is 0 Å². The first-order valence-corrected chi connectivity index (χ1v) is 11.1. The van der Waals surface area contributed by atoms with Gasteiger partial charge in [-0.3, -0.25) is 0 Å². The van der Waals surface area contributed by atoms with Crippen LogP contribution in [0.3, 0.4) is 0 Å². The van der Waals surface area contributed by atoms with Gasteiger partial charge < -0.3 is 0 Å². The van der Waals surface area contributed by atoms with Gasteiger partial charge in [0.2, 0.25) is 0 Å². The molecule has 0 fully saturated rings. The van der Waals surface area contributed by atoms with Crippen LogP contribution in [0.4, 0.5) is 0 Å². The molecule has 0 radical (unpaired) electrons. The van der Waals surface area contributed by atoms with Gasteiger partial charge in [-0.05, 0) is 86.5 Å². The van der Waals surface area contributed by atoms with Gasteiger partial charge in [-0.15, -0.1) is 0 Å². The van der Waals surface area contributed by atoms with Gasteiger partial charge in [0.25, 0.3) is 0 Å². The lowest BCUT2D eigenvalue weighted by Gasteiger charge is -2.24. The third-order valence-electron chi connectivity index (χ3n) is 7.66. The Bertz CT molecular complexity index is 1900. The second-order valence-electron chi connectivity index (χ2n) is 8.93. The third kappa shape index (κ3) is 1.63. The van der Waals surface area contributed by atoms with Gasteiger partial charge in [-0.1, -0.05) is 98.1 Å². The SMILES string of the molecule is C=Cc1c(C=C)c2ccc3ccc4c5ccccc5c5ccc6ccc1c1c6c5c4c3c21. The van der Waals surface area contributed by atoms with E-state index < -0.39 is 0 Å². The molecule has 8 rings (SSSR count). The Morgan fingerprint density at radius 3 is 1.16 bits per heavy atom. The van der Waals surface area contributed by atoms with Crippen LogP contribution in [0.25, 0.3) is 87.6 Å². The molecule has 0 spiro atoms. The molecule has 0 bridgehead atoms. The van der Waals surface area contributed by atoms with Gasteiger partial charge in [0.15, 0.2) is 0 Å². The smallest absolute Gasteiger partial charge is 0.000740 e. The number of hydrogen-bond acceptors (Lipinski definition) is 0. The van der Waals surface area contributed by atoms with Gasteiger partial charge in [0, 0.05) is 0 Å². The molecule has 0 aliphatic rings. The van der Waals surface area contributed by atoms with E-state index in [2.05, 4.69) is 86.0 Å².